The zero-order chi connectivity index (χ0) is 19.6. The molecule has 0 radical (unpaired) electrons. The van der Waals surface area contributed by atoms with Crippen LogP contribution in [-0.4, -0.2) is 28.6 Å². The van der Waals surface area contributed by atoms with Crippen LogP contribution in [0.25, 0.3) is 22.5 Å². The Morgan fingerprint density at radius 3 is 2.15 bits per heavy atom. The molecule has 0 atom stereocenters. The van der Waals surface area contributed by atoms with Gasteiger partial charge in [0.05, 0.1) is 18.5 Å². The third-order valence-corrected chi connectivity index (χ3v) is 4.05. The molecule has 0 aliphatic carbocycles. The predicted molar refractivity (Wildman–Crippen MR) is 106 cm³/mol. The normalized spacial score (nSPS) is 11.3. The van der Waals surface area contributed by atoms with Crippen LogP contribution in [0.2, 0.25) is 5.02 Å². The molecule has 6 heteroatoms. The first-order chi connectivity index (χ1) is 12.8. The first-order valence-electron chi connectivity index (χ1n) is 8.50. The van der Waals surface area contributed by atoms with Crippen LogP contribution in [0.15, 0.2) is 54.6 Å². The van der Waals surface area contributed by atoms with E-state index in [4.69, 9.17) is 21.1 Å². The van der Waals surface area contributed by atoms with Crippen molar-refractivity contribution < 1.29 is 14.3 Å². The summed E-state index contributed by atoms with van der Waals surface area (Å²) in [5, 5.41) is 5.12. The maximum absolute atomic E-state index is 12.7. The average Bonchev–Trinajstić information content (AvgIpc) is 3.06. The van der Waals surface area contributed by atoms with E-state index in [1.54, 1.807) is 19.2 Å². The summed E-state index contributed by atoms with van der Waals surface area (Å²) in [5.41, 5.74) is 2.35. The molecule has 140 valence electrons. The largest absolute Gasteiger partial charge is 0.497 e. The first kappa shape index (κ1) is 19.0. The number of rotatable bonds is 3. The fourth-order valence-electron chi connectivity index (χ4n) is 2.55. The van der Waals surface area contributed by atoms with Crippen LogP contribution in [0.3, 0.4) is 0 Å². The summed E-state index contributed by atoms with van der Waals surface area (Å²) >= 11 is 5.97. The maximum atomic E-state index is 12.7. The van der Waals surface area contributed by atoms with Crippen molar-refractivity contribution in [3.63, 3.8) is 0 Å². The zero-order valence-electron chi connectivity index (χ0n) is 15.7. The lowest BCUT2D eigenvalue weighted by molar-refractivity contribution is 0.0518. The number of hydrogen-bond acceptors (Lipinski definition) is 4. The minimum Gasteiger partial charge on any atom is -0.497 e. The molecule has 3 aromatic rings. The van der Waals surface area contributed by atoms with Gasteiger partial charge in [-0.05, 0) is 63.2 Å². The molecule has 5 nitrogen and oxygen atoms in total. The van der Waals surface area contributed by atoms with E-state index in [1.807, 2.05) is 63.2 Å². The second kappa shape index (κ2) is 7.45. The highest BCUT2D eigenvalue weighted by Crippen LogP contribution is 2.29. The minimum absolute atomic E-state index is 0.534. The highest BCUT2D eigenvalue weighted by molar-refractivity contribution is 6.30. The van der Waals surface area contributed by atoms with Crippen molar-refractivity contribution in [2.45, 2.75) is 26.4 Å². The minimum atomic E-state index is -0.624. The summed E-state index contributed by atoms with van der Waals surface area (Å²) in [6.07, 6.45) is -0.534. The van der Waals surface area contributed by atoms with E-state index >= 15 is 0 Å². The van der Waals surface area contributed by atoms with Crippen LogP contribution in [0, 0.1) is 0 Å². The molecule has 0 spiro atoms. The lowest BCUT2D eigenvalue weighted by atomic mass is 10.1. The van der Waals surface area contributed by atoms with Crippen molar-refractivity contribution in [3.05, 3.63) is 59.6 Å². The summed E-state index contributed by atoms with van der Waals surface area (Å²) in [4.78, 5) is 12.7. The van der Waals surface area contributed by atoms with Crippen LogP contribution in [0.4, 0.5) is 4.79 Å². The molecule has 0 aliphatic heterocycles. The van der Waals surface area contributed by atoms with E-state index in [0.717, 1.165) is 16.9 Å². The smallest absolute Gasteiger partial charge is 0.435 e. The Morgan fingerprint density at radius 2 is 1.59 bits per heavy atom. The summed E-state index contributed by atoms with van der Waals surface area (Å²) in [6.45, 7) is 5.46. The second-order valence-corrected chi connectivity index (χ2v) is 7.48. The third-order valence-electron chi connectivity index (χ3n) is 3.80. The van der Waals surface area contributed by atoms with Gasteiger partial charge in [-0.1, -0.05) is 23.7 Å². The molecule has 0 saturated carbocycles. The van der Waals surface area contributed by atoms with E-state index in [2.05, 4.69) is 5.10 Å². The molecule has 0 fully saturated rings. The molecule has 0 unspecified atom stereocenters. The molecule has 0 aliphatic rings. The second-order valence-electron chi connectivity index (χ2n) is 7.04. The Bertz CT molecular complexity index is 939. The molecule has 0 N–H and O–H groups in total. The van der Waals surface area contributed by atoms with Gasteiger partial charge in [0.15, 0.2) is 0 Å². The van der Waals surface area contributed by atoms with Gasteiger partial charge < -0.3 is 9.47 Å². The topological polar surface area (TPSA) is 53.4 Å². The van der Waals surface area contributed by atoms with Crippen LogP contribution in [-0.2, 0) is 4.74 Å². The van der Waals surface area contributed by atoms with E-state index in [9.17, 15) is 4.79 Å². The Morgan fingerprint density at radius 1 is 1.00 bits per heavy atom. The number of carbonyl (C=O) groups excluding carboxylic acids is 1. The molecule has 27 heavy (non-hydrogen) atoms. The highest BCUT2D eigenvalue weighted by Gasteiger charge is 2.23. The van der Waals surface area contributed by atoms with E-state index in [0.29, 0.717) is 16.4 Å². The predicted octanol–water partition coefficient (Wildman–Crippen LogP) is 5.66. The number of nitrogens with zero attached hydrogens (tertiary/aromatic N) is 2. The van der Waals surface area contributed by atoms with Gasteiger partial charge in [-0.2, -0.15) is 9.78 Å². The van der Waals surface area contributed by atoms with E-state index in [1.165, 1.54) is 4.68 Å². The molecule has 2 aromatic carbocycles. The standard InChI is InChI=1S/C21H21ClN2O3/c1-21(2,3)27-20(25)24-19(15-7-11-17(26-4)12-8-15)13-18(23-24)14-5-9-16(22)10-6-14/h5-13H,1-4H3. The van der Waals surface area contributed by atoms with Crippen LogP contribution in [0.5, 0.6) is 5.75 Å². The van der Waals surface area contributed by atoms with Gasteiger partial charge in [0.1, 0.15) is 11.4 Å². The highest BCUT2D eigenvalue weighted by atomic mass is 35.5. The number of carbonyl (C=O) groups is 1. The number of ether oxygens (including phenoxy) is 2. The molecule has 0 amide bonds. The van der Waals surface area contributed by atoms with Gasteiger partial charge in [-0.25, -0.2) is 4.79 Å². The maximum Gasteiger partial charge on any atom is 0.435 e. The Kier molecular flexibility index (Phi) is 5.24. The van der Waals surface area contributed by atoms with Crippen LogP contribution in [0.1, 0.15) is 20.8 Å². The Labute approximate surface area is 163 Å². The van der Waals surface area contributed by atoms with Gasteiger partial charge in [-0.15, -0.1) is 0 Å². The Balaban J connectivity index is 2.08. The van der Waals surface area contributed by atoms with Crippen molar-refractivity contribution in [2.75, 3.05) is 7.11 Å². The van der Waals surface area contributed by atoms with Gasteiger partial charge in [0.25, 0.3) is 0 Å². The van der Waals surface area contributed by atoms with Crippen LogP contribution >= 0.6 is 11.6 Å². The number of hydrogen-bond donors (Lipinski definition) is 0. The molecule has 0 bridgehead atoms. The number of aromatic nitrogens is 2. The molecular weight excluding hydrogens is 364 g/mol. The van der Waals surface area contributed by atoms with Gasteiger partial charge in [0, 0.05) is 16.1 Å². The van der Waals surface area contributed by atoms with Gasteiger partial charge >= 0.3 is 6.09 Å². The van der Waals surface area contributed by atoms with Crippen molar-refractivity contribution in [1.82, 2.24) is 9.78 Å². The molecular formula is C21H21ClN2O3. The first-order valence-corrected chi connectivity index (χ1v) is 8.88. The van der Waals surface area contributed by atoms with Gasteiger partial charge in [0.2, 0.25) is 0 Å². The zero-order valence-corrected chi connectivity index (χ0v) is 16.4. The quantitative estimate of drug-likeness (QED) is 0.584. The lowest BCUT2D eigenvalue weighted by Gasteiger charge is -2.19. The number of benzene rings is 2. The fourth-order valence-corrected chi connectivity index (χ4v) is 2.68. The van der Waals surface area contributed by atoms with Crippen molar-refractivity contribution >= 4 is 17.7 Å². The lowest BCUT2D eigenvalue weighted by Crippen LogP contribution is -2.28. The van der Waals surface area contributed by atoms with E-state index < -0.39 is 11.7 Å². The molecule has 0 saturated heterocycles. The van der Waals surface area contributed by atoms with Crippen LogP contribution < -0.4 is 4.74 Å². The monoisotopic (exact) mass is 384 g/mol. The fraction of sp³-hybridized carbons (Fsp3) is 0.238. The SMILES string of the molecule is COc1ccc(-c2cc(-c3ccc(Cl)cc3)nn2C(=O)OC(C)(C)C)cc1. The summed E-state index contributed by atoms with van der Waals surface area (Å²) in [5.74, 6) is 0.736. The molecule has 1 heterocycles. The summed E-state index contributed by atoms with van der Waals surface area (Å²) in [6, 6.07) is 16.6. The number of methoxy groups -OCH3 is 1. The summed E-state index contributed by atoms with van der Waals surface area (Å²) in [7, 11) is 1.61. The van der Waals surface area contributed by atoms with E-state index in [-0.39, 0.29) is 0 Å². The van der Waals surface area contributed by atoms with Crippen molar-refractivity contribution in [2.24, 2.45) is 0 Å². The average molecular weight is 385 g/mol. The van der Waals surface area contributed by atoms with Crippen molar-refractivity contribution in [1.29, 1.82) is 0 Å². The Hall–Kier alpha value is -2.79. The van der Waals surface area contributed by atoms with Gasteiger partial charge in [-0.3, -0.25) is 0 Å². The van der Waals surface area contributed by atoms with Crippen molar-refractivity contribution in [3.8, 4) is 28.3 Å². The third kappa shape index (κ3) is 4.49. The summed E-state index contributed by atoms with van der Waals surface area (Å²) < 4.78 is 12.0. The number of halogens is 1. The molecule has 3 rings (SSSR count). The molecule has 1 aromatic heterocycles.